The number of carbonyl (C=O) groups excluding carboxylic acids is 1. The van der Waals surface area contributed by atoms with Gasteiger partial charge in [-0.3, -0.25) is 4.79 Å². The SMILES string of the molecule is COc1cccc2oc(=O)c(C(=O)c3ccccc3)c(OC)c12. The lowest BCUT2D eigenvalue weighted by atomic mass is 10.0. The molecule has 2 aromatic carbocycles. The van der Waals surface area contributed by atoms with Gasteiger partial charge in [0.2, 0.25) is 5.78 Å². The monoisotopic (exact) mass is 310 g/mol. The van der Waals surface area contributed by atoms with E-state index in [1.165, 1.54) is 14.2 Å². The molecule has 0 amide bonds. The molecule has 3 rings (SSSR count). The number of hydrogen-bond acceptors (Lipinski definition) is 5. The highest BCUT2D eigenvalue weighted by molar-refractivity contribution is 6.13. The van der Waals surface area contributed by atoms with E-state index in [0.717, 1.165) is 0 Å². The Labute approximate surface area is 132 Å². The number of benzene rings is 2. The molecule has 23 heavy (non-hydrogen) atoms. The van der Waals surface area contributed by atoms with E-state index in [2.05, 4.69) is 0 Å². The van der Waals surface area contributed by atoms with Crippen LogP contribution in [0.25, 0.3) is 11.0 Å². The van der Waals surface area contributed by atoms with E-state index < -0.39 is 11.4 Å². The predicted molar refractivity (Wildman–Crippen MR) is 85.5 cm³/mol. The molecular formula is C18H14O5. The van der Waals surface area contributed by atoms with Crippen LogP contribution in [-0.4, -0.2) is 20.0 Å². The first-order valence-electron chi connectivity index (χ1n) is 6.95. The lowest BCUT2D eigenvalue weighted by molar-refractivity contribution is 0.103. The van der Waals surface area contributed by atoms with Crippen molar-refractivity contribution in [2.75, 3.05) is 14.2 Å². The average molecular weight is 310 g/mol. The van der Waals surface area contributed by atoms with Crippen molar-refractivity contribution in [2.45, 2.75) is 0 Å². The van der Waals surface area contributed by atoms with Crippen LogP contribution in [0.15, 0.2) is 57.7 Å². The standard InChI is InChI=1S/C18H14O5/c1-21-12-9-6-10-13-14(12)17(22-2)15(18(20)23-13)16(19)11-7-4-3-5-8-11/h3-10H,1-2H3. The number of ether oxygens (including phenoxy) is 2. The van der Waals surface area contributed by atoms with Gasteiger partial charge in [0.05, 0.1) is 14.2 Å². The number of methoxy groups -OCH3 is 2. The first kappa shape index (κ1) is 14.8. The maximum atomic E-state index is 12.7. The second-order valence-electron chi connectivity index (χ2n) is 4.83. The molecule has 1 aromatic heterocycles. The summed E-state index contributed by atoms with van der Waals surface area (Å²) >= 11 is 0. The van der Waals surface area contributed by atoms with Gasteiger partial charge >= 0.3 is 5.63 Å². The van der Waals surface area contributed by atoms with Gasteiger partial charge in [0, 0.05) is 5.56 Å². The van der Waals surface area contributed by atoms with Crippen molar-refractivity contribution in [3.8, 4) is 11.5 Å². The van der Waals surface area contributed by atoms with Crippen LogP contribution < -0.4 is 15.1 Å². The minimum absolute atomic E-state index is 0.143. The third-order valence-corrected chi connectivity index (χ3v) is 3.54. The Kier molecular flexibility index (Phi) is 3.85. The van der Waals surface area contributed by atoms with Crippen molar-refractivity contribution in [3.63, 3.8) is 0 Å². The first-order chi connectivity index (χ1) is 11.2. The number of hydrogen-bond donors (Lipinski definition) is 0. The summed E-state index contributed by atoms with van der Waals surface area (Å²) in [4.78, 5) is 25.0. The topological polar surface area (TPSA) is 65.7 Å². The van der Waals surface area contributed by atoms with E-state index in [9.17, 15) is 9.59 Å². The molecular weight excluding hydrogens is 296 g/mol. The summed E-state index contributed by atoms with van der Waals surface area (Å²) in [5, 5.41) is 0.455. The Morgan fingerprint density at radius 2 is 1.70 bits per heavy atom. The van der Waals surface area contributed by atoms with Crippen LogP contribution in [0, 0.1) is 0 Å². The molecule has 5 nitrogen and oxygen atoms in total. The largest absolute Gasteiger partial charge is 0.496 e. The number of fused-ring (bicyclic) bond motifs is 1. The Morgan fingerprint density at radius 1 is 0.957 bits per heavy atom. The van der Waals surface area contributed by atoms with E-state index in [0.29, 0.717) is 22.3 Å². The summed E-state index contributed by atoms with van der Waals surface area (Å²) in [6, 6.07) is 13.5. The first-order valence-corrected chi connectivity index (χ1v) is 6.95. The molecule has 0 saturated heterocycles. The Morgan fingerprint density at radius 3 is 2.35 bits per heavy atom. The third kappa shape index (κ3) is 2.46. The van der Waals surface area contributed by atoms with E-state index >= 15 is 0 Å². The van der Waals surface area contributed by atoms with Crippen LogP contribution in [0.3, 0.4) is 0 Å². The fraction of sp³-hybridized carbons (Fsp3) is 0.111. The number of ketones is 1. The van der Waals surface area contributed by atoms with Gasteiger partial charge in [0.25, 0.3) is 0 Å². The van der Waals surface area contributed by atoms with Crippen molar-refractivity contribution in [1.82, 2.24) is 0 Å². The van der Waals surface area contributed by atoms with Gasteiger partial charge in [-0.05, 0) is 12.1 Å². The third-order valence-electron chi connectivity index (χ3n) is 3.54. The van der Waals surface area contributed by atoms with Crippen molar-refractivity contribution in [1.29, 1.82) is 0 Å². The zero-order valence-electron chi connectivity index (χ0n) is 12.7. The van der Waals surface area contributed by atoms with Gasteiger partial charge in [-0.25, -0.2) is 4.79 Å². The summed E-state index contributed by atoms with van der Waals surface area (Å²) < 4.78 is 15.9. The fourth-order valence-electron chi connectivity index (χ4n) is 2.49. The van der Waals surface area contributed by atoms with Gasteiger partial charge in [-0.2, -0.15) is 0 Å². The minimum Gasteiger partial charge on any atom is -0.496 e. The van der Waals surface area contributed by atoms with Crippen LogP contribution >= 0.6 is 0 Å². The molecule has 1 heterocycles. The van der Waals surface area contributed by atoms with Crippen LogP contribution in [0.5, 0.6) is 11.5 Å². The molecule has 0 N–H and O–H groups in total. The molecule has 0 aliphatic rings. The smallest absolute Gasteiger partial charge is 0.351 e. The number of rotatable bonds is 4. The van der Waals surface area contributed by atoms with Crippen LogP contribution in [0.1, 0.15) is 15.9 Å². The lowest BCUT2D eigenvalue weighted by Crippen LogP contribution is -2.17. The van der Waals surface area contributed by atoms with Crippen molar-refractivity contribution < 1.29 is 18.7 Å². The molecule has 0 unspecified atom stereocenters. The minimum atomic E-state index is -0.739. The summed E-state index contributed by atoms with van der Waals surface area (Å²) in [6.45, 7) is 0. The molecule has 0 atom stereocenters. The normalized spacial score (nSPS) is 10.5. The lowest BCUT2D eigenvalue weighted by Gasteiger charge is -2.12. The highest BCUT2D eigenvalue weighted by Gasteiger charge is 2.24. The molecule has 0 spiro atoms. The van der Waals surface area contributed by atoms with Crippen LogP contribution in [-0.2, 0) is 0 Å². The zero-order valence-corrected chi connectivity index (χ0v) is 12.7. The zero-order chi connectivity index (χ0) is 16.4. The van der Waals surface area contributed by atoms with Gasteiger partial charge in [-0.1, -0.05) is 36.4 Å². The summed E-state index contributed by atoms with van der Waals surface area (Å²) in [5.74, 6) is 0.164. The molecule has 5 heteroatoms. The molecule has 0 saturated carbocycles. The van der Waals surface area contributed by atoms with Gasteiger partial charge in [-0.15, -0.1) is 0 Å². The van der Waals surface area contributed by atoms with Gasteiger partial charge in [0.15, 0.2) is 11.3 Å². The van der Waals surface area contributed by atoms with Gasteiger partial charge in [0.1, 0.15) is 16.7 Å². The molecule has 116 valence electrons. The Bertz CT molecular complexity index is 925. The molecule has 0 bridgehead atoms. The second kappa shape index (κ2) is 5.96. The molecule has 3 aromatic rings. The fourth-order valence-corrected chi connectivity index (χ4v) is 2.49. The quantitative estimate of drug-likeness (QED) is 0.547. The molecule has 0 radical (unpaired) electrons. The predicted octanol–water partition coefficient (Wildman–Crippen LogP) is 3.04. The van der Waals surface area contributed by atoms with Crippen LogP contribution in [0.2, 0.25) is 0 Å². The summed E-state index contributed by atoms with van der Waals surface area (Å²) in [7, 11) is 2.90. The van der Waals surface area contributed by atoms with E-state index in [1.54, 1.807) is 48.5 Å². The molecule has 0 fully saturated rings. The van der Waals surface area contributed by atoms with E-state index in [-0.39, 0.29) is 11.3 Å². The average Bonchev–Trinajstić information content (AvgIpc) is 2.60. The maximum Gasteiger partial charge on any atom is 0.351 e. The summed E-state index contributed by atoms with van der Waals surface area (Å²) in [5.41, 5.74) is -0.199. The van der Waals surface area contributed by atoms with Gasteiger partial charge < -0.3 is 13.9 Å². The second-order valence-corrected chi connectivity index (χ2v) is 4.83. The number of carbonyl (C=O) groups is 1. The Balaban J connectivity index is 2.35. The molecule has 0 aliphatic heterocycles. The maximum absolute atomic E-state index is 12.7. The summed E-state index contributed by atoms with van der Waals surface area (Å²) in [6.07, 6.45) is 0. The highest BCUT2D eigenvalue weighted by Crippen LogP contribution is 2.35. The van der Waals surface area contributed by atoms with Crippen molar-refractivity contribution in [3.05, 3.63) is 70.1 Å². The highest BCUT2D eigenvalue weighted by atomic mass is 16.5. The van der Waals surface area contributed by atoms with E-state index in [1.807, 2.05) is 0 Å². The Hall–Kier alpha value is -3.08. The van der Waals surface area contributed by atoms with Crippen LogP contribution in [0.4, 0.5) is 0 Å². The van der Waals surface area contributed by atoms with Crippen molar-refractivity contribution >= 4 is 16.8 Å². The molecule has 0 aliphatic carbocycles. The van der Waals surface area contributed by atoms with Crippen molar-refractivity contribution in [2.24, 2.45) is 0 Å². The van der Waals surface area contributed by atoms with E-state index in [4.69, 9.17) is 13.9 Å².